The van der Waals surface area contributed by atoms with Gasteiger partial charge in [-0.3, -0.25) is 19.3 Å². The molecule has 8 nitrogen and oxygen atoms in total. The van der Waals surface area contributed by atoms with E-state index in [0.29, 0.717) is 21.2 Å². The second-order valence-electron chi connectivity index (χ2n) is 6.83. The van der Waals surface area contributed by atoms with Gasteiger partial charge in [-0.25, -0.2) is 0 Å². The van der Waals surface area contributed by atoms with Gasteiger partial charge in [-0.05, 0) is 35.9 Å². The average molecular weight is 541 g/mol. The van der Waals surface area contributed by atoms with E-state index >= 15 is 0 Å². The number of ether oxygens (including phenoxy) is 2. The number of carboxylic acids is 1. The Kier molecular flexibility index (Phi) is 8.78. The molecule has 2 aromatic rings. The highest BCUT2D eigenvalue weighted by atomic mass is 35.5. The van der Waals surface area contributed by atoms with Crippen molar-refractivity contribution in [1.82, 2.24) is 4.90 Å². The number of hydrogen-bond acceptors (Lipinski definition) is 7. The minimum atomic E-state index is -1.02. The summed E-state index contributed by atoms with van der Waals surface area (Å²) in [6.07, 6.45) is 1.36. The van der Waals surface area contributed by atoms with Crippen LogP contribution in [0.2, 0.25) is 10.0 Å². The number of thioether (sulfide) groups is 1. The van der Waals surface area contributed by atoms with E-state index in [4.69, 9.17) is 50.0 Å². The lowest BCUT2D eigenvalue weighted by Crippen LogP contribution is -2.30. The molecule has 0 bridgehead atoms. The minimum Gasteiger partial charge on any atom is -0.493 e. The Morgan fingerprint density at radius 2 is 1.97 bits per heavy atom. The maximum atomic E-state index is 12.6. The van der Waals surface area contributed by atoms with Crippen LogP contribution in [0.25, 0.3) is 6.08 Å². The van der Waals surface area contributed by atoms with Crippen molar-refractivity contribution in [2.75, 3.05) is 25.6 Å². The van der Waals surface area contributed by atoms with Gasteiger partial charge in [0, 0.05) is 6.54 Å². The van der Waals surface area contributed by atoms with Gasteiger partial charge in [0.1, 0.15) is 4.32 Å². The number of methoxy groups -OCH3 is 1. The Hall–Kier alpha value is -2.79. The van der Waals surface area contributed by atoms with Crippen LogP contribution in [0.3, 0.4) is 0 Å². The zero-order valence-corrected chi connectivity index (χ0v) is 20.8. The molecule has 0 spiro atoms. The molecule has 178 valence electrons. The summed E-state index contributed by atoms with van der Waals surface area (Å²) >= 11 is 18.7. The Bertz CT molecular complexity index is 1190. The Morgan fingerprint density at radius 1 is 1.24 bits per heavy atom. The molecule has 0 radical (unpaired) electrons. The third-order valence-electron chi connectivity index (χ3n) is 4.47. The van der Waals surface area contributed by atoms with Crippen LogP contribution in [0, 0.1) is 0 Å². The van der Waals surface area contributed by atoms with Crippen LogP contribution in [0.5, 0.6) is 11.5 Å². The van der Waals surface area contributed by atoms with E-state index in [1.54, 1.807) is 42.5 Å². The van der Waals surface area contributed by atoms with Crippen LogP contribution in [-0.4, -0.2) is 52.4 Å². The van der Waals surface area contributed by atoms with Crippen molar-refractivity contribution in [3.05, 3.63) is 56.9 Å². The lowest BCUT2D eigenvalue weighted by molar-refractivity contribution is -0.137. The maximum Gasteiger partial charge on any atom is 0.305 e. The summed E-state index contributed by atoms with van der Waals surface area (Å²) in [6, 6.07) is 9.94. The fraction of sp³-hybridized carbons (Fsp3) is 0.182. The van der Waals surface area contributed by atoms with Gasteiger partial charge in [-0.2, -0.15) is 0 Å². The molecule has 0 unspecified atom stereocenters. The van der Waals surface area contributed by atoms with Gasteiger partial charge >= 0.3 is 5.97 Å². The van der Waals surface area contributed by atoms with Crippen molar-refractivity contribution in [2.24, 2.45) is 0 Å². The fourth-order valence-electron chi connectivity index (χ4n) is 2.90. The van der Waals surface area contributed by atoms with Gasteiger partial charge in [0.25, 0.3) is 11.8 Å². The highest BCUT2D eigenvalue weighted by Crippen LogP contribution is 2.39. The summed E-state index contributed by atoms with van der Waals surface area (Å²) in [5, 5.41) is 12.1. The largest absolute Gasteiger partial charge is 0.493 e. The number of aliphatic carboxylic acids is 1. The second-order valence-corrected chi connectivity index (χ2v) is 9.32. The highest BCUT2D eigenvalue weighted by molar-refractivity contribution is 8.26. The molecule has 0 saturated carbocycles. The predicted molar refractivity (Wildman–Crippen MR) is 136 cm³/mol. The number of carboxylic acid groups (broad SMARTS) is 1. The molecule has 1 fully saturated rings. The number of benzene rings is 2. The predicted octanol–water partition coefficient (Wildman–Crippen LogP) is 4.70. The molecule has 1 aliphatic rings. The van der Waals surface area contributed by atoms with Gasteiger partial charge in [0.15, 0.2) is 18.1 Å². The number of anilines is 1. The molecule has 0 aliphatic carbocycles. The summed E-state index contributed by atoms with van der Waals surface area (Å²) in [7, 11) is 1.41. The number of para-hydroxylation sites is 1. The number of hydrogen-bond donors (Lipinski definition) is 2. The van der Waals surface area contributed by atoms with E-state index in [9.17, 15) is 14.4 Å². The number of carbonyl (C=O) groups excluding carboxylic acids is 2. The van der Waals surface area contributed by atoms with Crippen LogP contribution in [0.1, 0.15) is 12.0 Å². The third kappa shape index (κ3) is 6.41. The van der Waals surface area contributed by atoms with Crippen molar-refractivity contribution in [2.45, 2.75) is 6.42 Å². The smallest absolute Gasteiger partial charge is 0.305 e. The van der Waals surface area contributed by atoms with Crippen molar-refractivity contribution in [1.29, 1.82) is 0 Å². The molecular formula is C22H18Cl2N2O6S2. The topological polar surface area (TPSA) is 105 Å². The fourth-order valence-corrected chi connectivity index (χ4v) is 4.67. The first-order valence-corrected chi connectivity index (χ1v) is 11.7. The van der Waals surface area contributed by atoms with Crippen LogP contribution in [0.15, 0.2) is 41.3 Å². The van der Waals surface area contributed by atoms with E-state index in [2.05, 4.69) is 5.32 Å². The molecule has 2 aromatic carbocycles. The molecule has 1 heterocycles. The van der Waals surface area contributed by atoms with Crippen molar-refractivity contribution in [3.63, 3.8) is 0 Å². The average Bonchev–Trinajstić information content (AvgIpc) is 3.04. The molecule has 1 saturated heterocycles. The summed E-state index contributed by atoms with van der Waals surface area (Å²) < 4.78 is 11.2. The number of nitrogens with zero attached hydrogens (tertiary/aromatic N) is 1. The van der Waals surface area contributed by atoms with Gasteiger partial charge in [0.05, 0.1) is 34.2 Å². The van der Waals surface area contributed by atoms with Crippen LogP contribution >= 0.6 is 47.2 Å². The Balaban J connectivity index is 1.73. The van der Waals surface area contributed by atoms with E-state index in [1.165, 1.54) is 12.0 Å². The SMILES string of the molecule is COc1cc(/C=C2\SC(=S)N(CCC(=O)O)C2=O)cc(Cl)c1OCC(=O)Nc1ccccc1Cl. The van der Waals surface area contributed by atoms with Gasteiger partial charge in [0.2, 0.25) is 0 Å². The lowest BCUT2D eigenvalue weighted by Gasteiger charge is -2.14. The number of nitrogens with one attached hydrogen (secondary N) is 1. The van der Waals surface area contributed by atoms with E-state index in [1.807, 2.05) is 0 Å². The van der Waals surface area contributed by atoms with Crippen molar-refractivity contribution < 1.29 is 29.0 Å². The molecule has 0 atom stereocenters. The number of amides is 2. The summed E-state index contributed by atoms with van der Waals surface area (Å²) in [4.78, 5) is 37.2. The molecule has 1 aliphatic heterocycles. The van der Waals surface area contributed by atoms with Crippen LogP contribution in [-0.2, 0) is 14.4 Å². The molecule has 3 rings (SSSR count). The number of halogens is 2. The number of thiocarbonyl (C=S) groups is 1. The highest BCUT2D eigenvalue weighted by Gasteiger charge is 2.32. The van der Waals surface area contributed by atoms with Crippen LogP contribution < -0.4 is 14.8 Å². The Labute approximate surface area is 214 Å². The standard InChI is InChI=1S/C22H18Cl2N2O6S2/c1-31-16-9-12(10-17-21(30)26(22(33)34-17)7-6-19(28)29)8-14(24)20(16)32-11-18(27)25-15-5-3-2-4-13(15)23/h2-5,8-10H,6-7,11H2,1H3,(H,25,27)(H,28,29)/b17-10-. The quantitative estimate of drug-likeness (QED) is 0.348. The first-order chi connectivity index (χ1) is 16.2. The van der Waals surface area contributed by atoms with Gasteiger partial charge in [-0.1, -0.05) is 59.3 Å². The first kappa shape index (κ1) is 25.8. The number of carbonyl (C=O) groups is 3. The zero-order valence-electron chi connectivity index (χ0n) is 17.7. The van der Waals surface area contributed by atoms with E-state index < -0.39 is 11.9 Å². The Morgan fingerprint density at radius 3 is 2.65 bits per heavy atom. The number of rotatable bonds is 9. The van der Waals surface area contributed by atoms with Gasteiger partial charge < -0.3 is 19.9 Å². The van der Waals surface area contributed by atoms with E-state index in [-0.39, 0.29) is 46.3 Å². The lowest BCUT2D eigenvalue weighted by atomic mass is 10.1. The molecule has 12 heteroatoms. The van der Waals surface area contributed by atoms with E-state index in [0.717, 1.165) is 11.8 Å². The normalized spacial score (nSPS) is 14.4. The molecular weight excluding hydrogens is 523 g/mol. The molecule has 2 N–H and O–H groups in total. The molecule has 34 heavy (non-hydrogen) atoms. The monoisotopic (exact) mass is 540 g/mol. The molecule has 0 aromatic heterocycles. The summed E-state index contributed by atoms with van der Waals surface area (Å²) in [6.45, 7) is -0.354. The zero-order chi connectivity index (χ0) is 24.8. The van der Waals surface area contributed by atoms with Crippen molar-refractivity contribution in [3.8, 4) is 11.5 Å². The van der Waals surface area contributed by atoms with Gasteiger partial charge in [-0.15, -0.1) is 0 Å². The first-order valence-electron chi connectivity index (χ1n) is 9.71. The second kappa shape index (κ2) is 11.6. The molecule has 2 amide bonds. The third-order valence-corrected chi connectivity index (χ3v) is 6.46. The van der Waals surface area contributed by atoms with Crippen molar-refractivity contribution >= 4 is 81.0 Å². The minimum absolute atomic E-state index is 0.00947. The maximum absolute atomic E-state index is 12.6. The van der Waals surface area contributed by atoms with Crippen LogP contribution in [0.4, 0.5) is 5.69 Å². The summed E-state index contributed by atoms with van der Waals surface area (Å²) in [5.74, 6) is -1.44. The summed E-state index contributed by atoms with van der Waals surface area (Å²) in [5.41, 5.74) is 0.986.